The predicted octanol–water partition coefficient (Wildman–Crippen LogP) is 3.36. The molecule has 2 aromatic carbocycles. The first kappa shape index (κ1) is 19.7. The summed E-state index contributed by atoms with van der Waals surface area (Å²) < 4.78 is 14.2. The summed E-state index contributed by atoms with van der Waals surface area (Å²) in [5, 5.41) is 5.50. The van der Waals surface area contributed by atoms with Gasteiger partial charge in [0.15, 0.2) is 0 Å². The molecule has 5 nitrogen and oxygen atoms in total. The second-order valence-corrected chi connectivity index (χ2v) is 6.99. The van der Waals surface area contributed by atoms with Gasteiger partial charge in [0.05, 0.1) is 5.02 Å². The highest BCUT2D eigenvalue weighted by Crippen LogP contribution is 2.28. The maximum Gasteiger partial charge on any atom is 0.315 e. The predicted molar refractivity (Wildman–Crippen MR) is 99.6 cm³/mol. The maximum atomic E-state index is 14.2. The van der Waals surface area contributed by atoms with Crippen LogP contribution >= 0.6 is 11.6 Å². The molecular formula is C19H21ClFN3O2. The number of primary amides is 1. The van der Waals surface area contributed by atoms with Crippen LogP contribution in [0.4, 0.5) is 9.18 Å². The zero-order chi connectivity index (χ0) is 19.3. The summed E-state index contributed by atoms with van der Waals surface area (Å²) in [6.45, 7) is 4.17. The van der Waals surface area contributed by atoms with Crippen LogP contribution in [-0.4, -0.2) is 18.5 Å². The van der Waals surface area contributed by atoms with Crippen molar-refractivity contribution in [3.8, 4) is 0 Å². The Morgan fingerprint density at radius 1 is 1.12 bits per heavy atom. The Morgan fingerprint density at radius 3 is 2.38 bits per heavy atom. The van der Waals surface area contributed by atoms with Crippen molar-refractivity contribution in [2.24, 2.45) is 5.73 Å². The largest absolute Gasteiger partial charge is 0.366 e. The van der Waals surface area contributed by atoms with Crippen molar-refractivity contribution in [1.29, 1.82) is 0 Å². The second kappa shape index (κ2) is 8.19. The van der Waals surface area contributed by atoms with Crippen LogP contribution in [-0.2, 0) is 12.0 Å². The van der Waals surface area contributed by atoms with Gasteiger partial charge in [-0.15, -0.1) is 0 Å². The molecule has 0 aromatic heterocycles. The number of amides is 3. The highest BCUT2D eigenvalue weighted by Gasteiger charge is 2.25. The zero-order valence-corrected chi connectivity index (χ0v) is 15.4. The lowest BCUT2D eigenvalue weighted by molar-refractivity contribution is 0.1000. The van der Waals surface area contributed by atoms with Gasteiger partial charge >= 0.3 is 6.03 Å². The minimum Gasteiger partial charge on any atom is -0.366 e. The lowest BCUT2D eigenvalue weighted by Gasteiger charge is -2.26. The summed E-state index contributed by atoms with van der Waals surface area (Å²) in [5.41, 5.74) is 6.22. The number of carbonyl (C=O) groups is 2. The third-order valence-electron chi connectivity index (χ3n) is 4.06. The number of benzene rings is 2. The van der Waals surface area contributed by atoms with Gasteiger partial charge in [-0.3, -0.25) is 4.79 Å². The van der Waals surface area contributed by atoms with Gasteiger partial charge in [0.2, 0.25) is 5.91 Å². The molecule has 0 aliphatic heterocycles. The van der Waals surface area contributed by atoms with E-state index in [1.54, 1.807) is 36.4 Å². The molecule has 0 radical (unpaired) electrons. The highest BCUT2D eigenvalue weighted by atomic mass is 35.5. The van der Waals surface area contributed by atoms with Crippen molar-refractivity contribution in [3.05, 3.63) is 70.0 Å². The van der Waals surface area contributed by atoms with E-state index in [-0.39, 0.29) is 24.1 Å². The van der Waals surface area contributed by atoms with E-state index in [1.807, 2.05) is 13.8 Å². The summed E-state index contributed by atoms with van der Waals surface area (Å²) in [7, 11) is 0. The van der Waals surface area contributed by atoms with E-state index in [9.17, 15) is 14.0 Å². The van der Waals surface area contributed by atoms with Crippen molar-refractivity contribution < 1.29 is 14.0 Å². The van der Waals surface area contributed by atoms with Gasteiger partial charge in [-0.2, -0.15) is 0 Å². The number of halogens is 2. The van der Waals surface area contributed by atoms with Gasteiger partial charge in [0.1, 0.15) is 5.82 Å². The topological polar surface area (TPSA) is 84.2 Å². The van der Waals surface area contributed by atoms with Crippen LogP contribution in [0.5, 0.6) is 0 Å². The number of rotatable bonds is 6. The van der Waals surface area contributed by atoms with Crippen molar-refractivity contribution in [3.63, 3.8) is 0 Å². The van der Waals surface area contributed by atoms with Crippen LogP contribution in [0, 0.1) is 5.82 Å². The van der Waals surface area contributed by atoms with E-state index in [0.717, 1.165) is 5.56 Å². The third-order valence-corrected chi connectivity index (χ3v) is 4.36. The van der Waals surface area contributed by atoms with E-state index in [4.69, 9.17) is 17.3 Å². The maximum absolute atomic E-state index is 14.2. The summed E-state index contributed by atoms with van der Waals surface area (Å²) in [4.78, 5) is 23.0. The summed E-state index contributed by atoms with van der Waals surface area (Å²) in [5.74, 6) is -0.978. The van der Waals surface area contributed by atoms with Crippen LogP contribution in [0.1, 0.15) is 35.3 Å². The Morgan fingerprint density at radius 2 is 1.77 bits per heavy atom. The number of hydrogen-bond acceptors (Lipinski definition) is 2. The van der Waals surface area contributed by atoms with Crippen molar-refractivity contribution in [2.45, 2.75) is 25.8 Å². The van der Waals surface area contributed by atoms with Crippen molar-refractivity contribution in [1.82, 2.24) is 10.6 Å². The number of hydrogen-bond donors (Lipinski definition) is 3. The molecule has 0 aliphatic rings. The first-order valence-electron chi connectivity index (χ1n) is 8.05. The lowest BCUT2D eigenvalue weighted by Crippen LogP contribution is -2.42. The van der Waals surface area contributed by atoms with Crippen LogP contribution < -0.4 is 16.4 Å². The van der Waals surface area contributed by atoms with Crippen molar-refractivity contribution >= 4 is 23.5 Å². The van der Waals surface area contributed by atoms with Crippen LogP contribution in [0.3, 0.4) is 0 Å². The molecular weight excluding hydrogens is 357 g/mol. The molecule has 0 saturated heterocycles. The highest BCUT2D eigenvalue weighted by molar-refractivity contribution is 6.30. The molecule has 0 aliphatic carbocycles. The molecule has 0 saturated carbocycles. The van der Waals surface area contributed by atoms with Gasteiger partial charge in [-0.1, -0.05) is 49.7 Å². The van der Waals surface area contributed by atoms with Gasteiger partial charge in [0.25, 0.3) is 0 Å². The molecule has 0 fully saturated rings. The fourth-order valence-corrected chi connectivity index (χ4v) is 2.63. The number of urea groups is 1. The van der Waals surface area contributed by atoms with Crippen molar-refractivity contribution in [2.75, 3.05) is 6.54 Å². The first-order chi connectivity index (χ1) is 12.2. The van der Waals surface area contributed by atoms with Gasteiger partial charge in [-0.25, -0.2) is 9.18 Å². The van der Waals surface area contributed by atoms with Gasteiger partial charge in [-0.05, 0) is 29.3 Å². The van der Waals surface area contributed by atoms with E-state index in [0.29, 0.717) is 11.1 Å². The smallest absolute Gasteiger partial charge is 0.315 e. The second-order valence-electron chi connectivity index (χ2n) is 6.58. The Hall–Kier alpha value is -2.60. The minimum atomic E-state index is -0.630. The zero-order valence-electron chi connectivity index (χ0n) is 14.6. The molecule has 2 aromatic rings. The van der Waals surface area contributed by atoms with Gasteiger partial charge in [0, 0.05) is 24.1 Å². The SMILES string of the molecule is CC(C)(CNC(=O)NCc1ccc(C(N)=O)cc1)c1cccc(Cl)c1F. The third kappa shape index (κ3) is 4.95. The molecule has 0 spiro atoms. The Bertz CT molecular complexity index is 807. The lowest BCUT2D eigenvalue weighted by atomic mass is 9.84. The Labute approximate surface area is 156 Å². The molecule has 0 bridgehead atoms. The fraction of sp³-hybridized carbons (Fsp3) is 0.263. The summed E-state index contributed by atoms with van der Waals surface area (Å²) in [6, 6.07) is 11.1. The summed E-state index contributed by atoms with van der Waals surface area (Å²) >= 11 is 5.83. The quantitative estimate of drug-likeness (QED) is 0.721. The molecule has 26 heavy (non-hydrogen) atoms. The fourth-order valence-electron chi connectivity index (χ4n) is 2.45. The number of nitrogens with two attached hydrogens (primary N) is 1. The average molecular weight is 378 g/mol. The Kier molecular flexibility index (Phi) is 6.21. The molecule has 4 N–H and O–H groups in total. The van der Waals surface area contributed by atoms with E-state index in [2.05, 4.69) is 10.6 Å². The van der Waals surface area contributed by atoms with Crippen LogP contribution in [0.15, 0.2) is 42.5 Å². The molecule has 0 heterocycles. The first-order valence-corrected chi connectivity index (χ1v) is 8.43. The van der Waals surface area contributed by atoms with E-state index in [1.165, 1.54) is 6.07 Å². The van der Waals surface area contributed by atoms with Crippen LogP contribution in [0.25, 0.3) is 0 Å². The monoisotopic (exact) mass is 377 g/mol. The Balaban J connectivity index is 1.89. The molecule has 2 rings (SSSR count). The molecule has 3 amide bonds. The number of nitrogens with one attached hydrogen (secondary N) is 2. The normalized spacial score (nSPS) is 11.1. The number of carbonyl (C=O) groups excluding carboxylic acids is 2. The van der Waals surface area contributed by atoms with Gasteiger partial charge < -0.3 is 16.4 Å². The molecule has 138 valence electrons. The van der Waals surface area contributed by atoms with E-state index >= 15 is 0 Å². The average Bonchev–Trinajstić information content (AvgIpc) is 2.60. The minimum absolute atomic E-state index is 0.0550. The van der Waals surface area contributed by atoms with Crippen LogP contribution in [0.2, 0.25) is 5.02 Å². The molecule has 7 heteroatoms. The summed E-state index contributed by atoms with van der Waals surface area (Å²) in [6.07, 6.45) is 0. The molecule has 0 atom stereocenters. The standard InChI is InChI=1S/C19H21ClFN3O2/c1-19(2,14-4-3-5-15(20)16(14)21)11-24-18(26)23-10-12-6-8-13(9-7-12)17(22)25/h3-9H,10-11H2,1-2H3,(H2,22,25)(H2,23,24,26). The van der Waals surface area contributed by atoms with E-state index < -0.39 is 17.1 Å². The molecule has 0 unspecified atom stereocenters.